The van der Waals surface area contributed by atoms with Crippen LogP contribution in [0.15, 0.2) is 24.3 Å². The van der Waals surface area contributed by atoms with E-state index in [2.05, 4.69) is 9.97 Å². The molecule has 2 heterocycles. The van der Waals surface area contributed by atoms with E-state index in [1.807, 2.05) is 0 Å². The molecule has 6 nitrogen and oxygen atoms in total. The molecule has 0 amide bonds. The first-order valence-corrected chi connectivity index (χ1v) is 6.52. The summed E-state index contributed by atoms with van der Waals surface area (Å²) in [6.45, 7) is 3.35. The molecule has 0 saturated heterocycles. The molecule has 0 unspecified atom stereocenters. The summed E-state index contributed by atoms with van der Waals surface area (Å²) in [6, 6.07) is 5.82. The lowest BCUT2D eigenvalue weighted by atomic mass is 10.0. The zero-order chi connectivity index (χ0) is 16.0. The molecule has 0 aliphatic heterocycles. The molecule has 1 aromatic carbocycles. The quantitative estimate of drug-likeness (QED) is 0.622. The van der Waals surface area contributed by atoms with Gasteiger partial charge in [-0.15, -0.1) is 0 Å². The van der Waals surface area contributed by atoms with Crippen LogP contribution in [0.25, 0.3) is 21.8 Å². The van der Waals surface area contributed by atoms with Crippen molar-refractivity contribution in [2.75, 3.05) is 0 Å². The van der Waals surface area contributed by atoms with E-state index in [0.29, 0.717) is 33.2 Å². The number of hydrogen-bond donors (Lipinski definition) is 0. The summed E-state index contributed by atoms with van der Waals surface area (Å²) in [5.74, 6) is -2.69. The smallest absolute Gasteiger partial charge is 0.0733 e. The maximum Gasteiger partial charge on any atom is 0.0733 e. The first kappa shape index (κ1) is 13.9. The fourth-order valence-corrected chi connectivity index (χ4v) is 2.55. The Kier molecular flexibility index (Phi) is 3.02. The van der Waals surface area contributed by atoms with E-state index in [9.17, 15) is 19.8 Å². The lowest BCUT2D eigenvalue weighted by molar-refractivity contribution is -0.255. The number of benzene rings is 1. The number of carboxylic acids is 2. The van der Waals surface area contributed by atoms with E-state index in [1.165, 1.54) is 18.2 Å². The number of rotatable bonds is 2. The van der Waals surface area contributed by atoms with E-state index in [-0.39, 0.29) is 11.1 Å². The van der Waals surface area contributed by atoms with Gasteiger partial charge < -0.3 is 19.8 Å². The predicted octanol–water partition coefficient (Wildman–Crippen LogP) is 0.127. The molecule has 0 fully saturated rings. The predicted molar refractivity (Wildman–Crippen MR) is 75.2 cm³/mol. The van der Waals surface area contributed by atoms with E-state index in [0.717, 1.165) is 0 Å². The van der Waals surface area contributed by atoms with Gasteiger partial charge in [0, 0.05) is 33.3 Å². The largest absolute Gasteiger partial charge is 0.545 e. The number of aryl methyl sites for hydroxylation is 2. The number of hydrogen-bond acceptors (Lipinski definition) is 6. The summed E-state index contributed by atoms with van der Waals surface area (Å²) in [5, 5.41) is 23.2. The highest BCUT2D eigenvalue weighted by Gasteiger charge is 2.11. The first-order valence-electron chi connectivity index (χ1n) is 6.52. The number of aromatic carboxylic acids is 2. The second-order valence-electron chi connectivity index (χ2n) is 5.08. The van der Waals surface area contributed by atoms with E-state index < -0.39 is 11.9 Å². The maximum absolute atomic E-state index is 11.3. The zero-order valence-corrected chi connectivity index (χ0v) is 11.8. The van der Waals surface area contributed by atoms with Crippen molar-refractivity contribution in [1.29, 1.82) is 0 Å². The molecule has 0 radical (unpaired) electrons. The van der Waals surface area contributed by atoms with Crippen LogP contribution in [0.2, 0.25) is 0 Å². The Labute approximate surface area is 125 Å². The molecule has 6 heteroatoms. The normalized spacial score (nSPS) is 11.0. The fraction of sp³-hybridized carbons (Fsp3) is 0.125. The average Bonchev–Trinajstić information content (AvgIpc) is 2.43. The molecule has 0 aliphatic rings. The topological polar surface area (TPSA) is 106 Å². The van der Waals surface area contributed by atoms with Crippen LogP contribution in [0.4, 0.5) is 0 Å². The van der Waals surface area contributed by atoms with Crippen molar-refractivity contribution in [3.8, 4) is 0 Å². The molecule has 3 rings (SSSR count). The Morgan fingerprint density at radius 1 is 0.773 bits per heavy atom. The number of carbonyl (C=O) groups excluding carboxylic acids is 2. The first-order chi connectivity index (χ1) is 10.4. The van der Waals surface area contributed by atoms with Gasteiger partial charge in [-0.05, 0) is 38.1 Å². The second-order valence-corrected chi connectivity index (χ2v) is 5.08. The Morgan fingerprint density at radius 3 is 1.55 bits per heavy atom. The van der Waals surface area contributed by atoms with Gasteiger partial charge in [0.2, 0.25) is 0 Å². The molecular weight excluding hydrogens is 284 g/mol. The van der Waals surface area contributed by atoms with Gasteiger partial charge in [0.1, 0.15) is 0 Å². The third-order valence-corrected chi connectivity index (χ3v) is 3.43. The number of pyridine rings is 2. The minimum Gasteiger partial charge on any atom is -0.545 e. The molecule has 0 atom stereocenters. The third-order valence-electron chi connectivity index (χ3n) is 3.43. The summed E-state index contributed by atoms with van der Waals surface area (Å²) in [5.41, 5.74) is 1.84. The van der Waals surface area contributed by atoms with Gasteiger partial charge in [0.15, 0.2) is 0 Å². The van der Waals surface area contributed by atoms with Crippen molar-refractivity contribution in [3.63, 3.8) is 0 Å². The molecule has 110 valence electrons. The summed E-state index contributed by atoms with van der Waals surface area (Å²) in [7, 11) is 0. The third kappa shape index (κ3) is 2.14. The molecule has 0 bridgehead atoms. The fourth-order valence-electron chi connectivity index (χ4n) is 2.55. The van der Waals surface area contributed by atoms with Gasteiger partial charge >= 0.3 is 0 Å². The molecule has 0 saturated carbocycles. The molecule has 3 aromatic rings. The molecule has 2 aromatic heterocycles. The second kappa shape index (κ2) is 4.77. The monoisotopic (exact) mass is 294 g/mol. The highest BCUT2D eigenvalue weighted by Crippen LogP contribution is 2.26. The number of fused-ring (bicyclic) bond motifs is 2. The number of nitrogens with zero attached hydrogens (tertiary/aromatic N) is 2. The molecule has 0 aliphatic carbocycles. The van der Waals surface area contributed by atoms with Crippen LogP contribution < -0.4 is 10.2 Å². The van der Waals surface area contributed by atoms with Gasteiger partial charge in [-0.3, -0.25) is 9.97 Å². The molecule has 22 heavy (non-hydrogen) atoms. The zero-order valence-electron chi connectivity index (χ0n) is 11.8. The van der Waals surface area contributed by atoms with Gasteiger partial charge in [-0.1, -0.05) is 0 Å². The average molecular weight is 294 g/mol. The lowest BCUT2D eigenvalue weighted by Gasteiger charge is -2.13. The molecule has 0 spiro atoms. The van der Waals surface area contributed by atoms with Crippen molar-refractivity contribution in [3.05, 3.63) is 46.8 Å². The van der Waals surface area contributed by atoms with Gasteiger partial charge in [-0.2, -0.15) is 0 Å². The van der Waals surface area contributed by atoms with Crippen LogP contribution in [0.5, 0.6) is 0 Å². The van der Waals surface area contributed by atoms with E-state index >= 15 is 0 Å². The summed E-state index contributed by atoms with van der Waals surface area (Å²) < 4.78 is 0. The molecular formula is C16H10N2O4-2. The molecule has 0 N–H and O–H groups in total. The van der Waals surface area contributed by atoms with Crippen LogP contribution in [-0.2, 0) is 0 Å². The lowest BCUT2D eigenvalue weighted by Crippen LogP contribution is -2.23. The van der Waals surface area contributed by atoms with E-state index in [1.54, 1.807) is 19.9 Å². The standard InChI is InChI=1S/C16H12N2O4/c1-7-3-11(15(19)20)9-5-10-12(16(21)22)4-8(2)18-14(10)6-13(9)17-7/h3-6H,1-2H3,(H,19,20)(H,21,22)/p-2. The van der Waals surface area contributed by atoms with Crippen molar-refractivity contribution in [1.82, 2.24) is 9.97 Å². The summed E-state index contributed by atoms with van der Waals surface area (Å²) in [4.78, 5) is 31.1. The number of carboxylic acid groups (broad SMARTS) is 2. The van der Waals surface area contributed by atoms with Crippen molar-refractivity contribution < 1.29 is 19.8 Å². The Morgan fingerprint density at radius 2 is 1.18 bits per heavy atom. The van der Waals surface area contributed by atoms with Gasteiger partial charge in [0.05, 0.1) is 23.0 Å². The summed E-state index contributed by atoms with van der Waals surface area (Å²) >= 11 is 0. The highest BCUT2D eigenvalue weighted by molar-refractivity contribution is 6.10. The van der Waals surface area contributed by atoms with Crippen molar-refractivity contribution >= 4 is 33.7 Å². The van der Waals surface area contributed by atoms with Crippen LogP contribution in [0.1, 0.15) is 32.1 Å². The minimum atomic E-state index is -1.34. The number of aromatic nitrogens is 2. The Hall–Kier alpha value is -3.02. The maximum atomic E-state index is 11.3. The van der Waals surface area contributed by atoms with Gasteiger partial charge in [0.25, 0.3) is 0 Å². The van der Waals surface area contributed by atoms with Crippen LogP contribution in [-0.4, -0.2) is 21.9 Å². The van der Waals surface area contributed by atoms with Crippen LogP contribution in [0, 0.1) is 13.8 Å². The SMILES string of the molecule is Cc1cc(C(=O)[O-])c2cc3c(C(=O)[O-])cc(C)nc3cc2n1. The Balaban J connectivity index is 2.52. The van der Waals surface area contributed by atoms with Crippen LogP contribution >= 0.6 is 0 Å². The van der Waals surface area contributed by atoms with Crippen LogP contribution in [0.3, 0.4) is 0 Å². The van der Waals surface area contributed by atoms with Crippen molar-refractivity contribution in [2.24, 2.45) is 0 Å². The Bertz CT molecular complexity index is 888. The highest BCUT2D eigenvalue weighted by atomic mass is 16.4. The van der Waals surface area contributed by atoms with Crippen molar-refractivity contribution in [2.45, 2.75) is 13.8 Å². The minimum absolute atomic E-state index is 0.0331. The van der Waals surface area contributed by atoms with E-state index in [4.69, 9.17) is 0 Å². The van der Waals surface area contributed by atoms with Gasteiger partial charge in [-0.25, -0.2) is 0 Å². The number of carbonyl (C=O) groups is 2. The summed E-state index contributed by atoms with van der Waals surface area (Å²) in [6.07, 6.45) is 0.